The number of hydrogen-bond donors (Lipinski definition) is 2. The zero-order valence-corrected chi connectivity index (χ0v) is 11.6. The van der Waals surface area contributed by atoms with Crippen molar-refractivity contribution in [3.8, 4) is 0 Å². The molecule has 0 spiro atoms. The summed E-state index contributed by atoms with van der Waals surface area (Å²) in [6, 6.07) is 2.02. The minimum Gasteiger partial charge on any atom is -0.389 e. The summed E-state index contributed by atoms with van der Waals surface area (Å²) < 4.78 is 2.01. The molecule has 4 heteroatoms. The van der Waals surface area contributed by atoms with Gasteiger partial charge in [0.1, 0.15) is 0 Å². The molecule has 1 aromatic rings. The molecule has 4 nitrogen and oxygen atoms in total. The fraction of sp³-hybridized carbons (Fsp3) is 0.769. The third-order valence-electron chi connectivity index (χ3n) is 3.48. The molecule has 0 atom stereocenters. The quantitative estimate of drug-likeness (QED) is 0.797. The SMILES string of the molecule is CCCn1nccc1CNC(C)(C)C(C)(C)O. The summed E-state index contributed by atoms with van der Waals surface area (Å²) in [6.45, 7) is 11.5. The van der Waals surface area contributed by atoms with Gasteiger partial charge in [0.2, 0.25) is 0 Å². The molecule has 0 amide bonds. The molecule has 0 aliphatic heterocycles. The molecular weight excluding hydrogens is 214 g/mol. The number of hydrogen-bond acceptors (Lipinski definition) is 3. The highest BCUT2D eigenvalue weighted by Gasteiger charge is 2.34. The van der Waals surface area contributed by atoms with Crippen molar-refractivity contribution < 1.29 is 5.11 Å². The van der Waals surface area contributed by atoms with E-state index in [9.17, 15) is 5.11 Å². The van der Waals surface area contributed by atoms with Crippen LogP contribution in [-0.2, 0) is 13.1 Å². The van der Waals surface area contributed by atoms with E-state index in [0.717, 1.165) is 25.2 Å². The fourth-order valence-corrected chi connectivity index (χ4v) is 1.45. The highest BCUT2D eigenvalue weighted by atomic mass is 16.3. The normalized spacial score (nSPS) is 13.1. The van der Waals surface area contributed by atoms with Crippen LogP contribution in [0.15, 0.2) is 12.3 Å². The summed E-state index contributed by atoms with van der Waals surface area (Å²) in [7, 11) is 0. The number of nitrogens with one attached hydrogen (secondary N) is 1. The lowest BCUT2D eigenvalue weighted by Gasteiger charge is -2.38. The average Bonchev–Trinajstić information content (AvgIpc) is 2.61. The maximum Gasteiger partial charge on any atom is 0.0767 e. The van der Waals surface area contributed by atoms with Crippen LogP contribution >= 0.6 is 0 Å². The Morgan fingerprint density at radius 3 is 2.53 bits per heavy atom. The van der Waals surface area contributed by atoms with Gasteiger partial charge in [-0.05, 0) is 40.2 Å². The number of nitrogens with zero attached hydrogens (tertiary/aromatic N) is 2. The minimum atomic E-state index is -0.761. The van der Waals surface area contributed by atoms with Gasteiger partial charge in [0.05, 0.1) is 11.3 Å². The van der Waals surface area contributed by atoms with Crippen molar-refractivity contribution in [3.63, 3.8) is 0 Å². The molecule has 0 bridgehead atoms. The van der Waals surface area contributed by atoms with Gasteiger partial charge in [-0.3, -0.25) is 4.68 Å². The molecule has 0 unspecified atom stereocenters. The smallest absolute Gasteiger partial charge is 0.0767 e. The van der Waals surface area contributed by atoms with Crippen LogP contribution < -0.4 is 5.32 Å². The summed E-state index contributed by atoms with van der Waals surface area (Å²) in [6.07, 6.45) is 2.90. The summed E-state index contributed by atoms with van der Waals surface area (Å²) in [5.74, 6) is 0. The highest BCUT2D eigenvalue weighted by Crippen LogP contribution is 2.21. The molecule has 2 N–H and O–H groups in total. The van der Waals surface area contributed by atoms with E-state index in [1.165, 1.54) is 0 Å². The first kappa shape index (κ1) is 14.2. The van der Waals surface area contributed by atoms with E-state index in [2.05, 4.69) is 17.3 Å². The number of aliphatic hydroxyl groups is 1. The molecule has 0 fully saturated rings. The largest absolute Gasteiger partial charge is 0.389 e. The second-order valence-corrected chi connectivity index (χ2v) is 5.58. The Kier molecular flexibility index (Phi) is 4.33. The Morgan fingerprint density at radius 1 is 1.35 bits per heavy atom. The van der Waals surface area contributed by atoms with Crippen LogP contribution in [0.3, 0.4) is 0 Å². The summed E-state index contributed by atoms with van der Waals surface area (Å²) in [4.78, 5) is 0. The minimum absolute atomic E-state index is 0.339. The molecular formula is C13H25N3O. The molecule has 17 heavy (non-hydrogen) atoms. The molecule has 98 valence electrons. The van der Waals surface area contributed by atoms with Gasteiger partial charge in [0.15, 0.2) is 0 Å². The Bertz CT molecular complexity index is 350. The van der Waals surface area contributed by atoms with E-state index in [1.807, 2.05) is 44.6 Å². The van der Waals surface area contributed by atoms with Crippen molar-refractivity contribution in [1.82, 2.24) is 15.1 Å². The van der Waals surface area contributed by atoms with Crippen LogP contribution in [0.25, 0.3) is 0 Å². The maximum absolute atomic E-state index is 10.1. The topological polar surface area (TPSA) is 50.1 Å². The molecule has 0 saturated carbocycles. The lowest BCUT2D eigenvalue weighted by atomic mass is 9.86. The first-order chi connectivity index (χ1) is 7.78. The van der Waals surface area contributed by atoms with Gasteiger partial charge in [-0.25, -0.2) is 0 Å². The van der Waals surface area contributed by atoms with Crippen molar-refractivity contribution in [1.29, 1.82) is 0 Å². The first-order valence-electron chi connectivity index (χ1n) is 6.26. The Balaban J connectivity index is 2.64. The zero-order valence-electron chi connectivity index (χ0n) is 11.6. The molecule has 0 aromatic carbocycles. The van der Waals surface area contributed by atoms with Crippen LogP contribution in [0.5, 0.6) is 0 Å². The van der Waals surface area contributed by atoms with Gasteiger partial charge < -0.3 is 10.4 Å². The number of aryl methyl sites for hydroxylation is 1. The van der Waals surface area contributed by atoms with Gasteiger partial charge in [0, 0.05) is 24.8 Å². The van der Waals surface area contributed by atoms with E-state index in [-0.39, 0.29) is 5.54 Å². The van der Waals surface area contributed by atoms with Crippen LogP contribution in [0, 0.1) is 0 Å². The molecule has 1 aromatic heterocycles. The van der Waals surface area contributed by atoms with Gasteiger partial charge in [-0.15, -0.1) is 0 Å². The molecule has 0 saturated heterocycles. The zero-order chi connectivity index (χ0) is 13.1. The van der Waals surface area contributed by atoms with E-state index in [1.54, 1.807) is 0 Å². The average molecular weight is 239 g/mol. The highest BCUT2D eigenvalue weighted by molar-refractivity contribution is 5.03. The standard InChI is InChI=1S/C13H25N3O/c1-6-9-16-11(7-8-15-16)10-14-12(2,3)13(4,5)17/h7-8,14,17H,6,9-10H2,1-5H3. The van der Waals surface area contributed by atoms with Crippen molar-refractivity contribution in [2.45, 2.75) is 65.3 Å². The van der Waals surface area contributed by atoms with Crippen molar-refractivity contribution in [3.05, 3.63) is 18.0 Å². The van der Waals surface area contributed by atoms with Crippen LogP contribution in [-0.4, -0.2) is 26.0 Å². The van der Waals surface area contributed by atoms with Gasteiger partial charge in [-0.2, -0.15) is 5.10 Å². The summed E-state index contributed by atoms with van der Waals surface area (Å²) in [5.41, 5.74) is 0.0564. The summed E-state index contributed by atoms with van der Waals surface area (Å²) in [5, 5.41) is 17.7. The lowest BCUT2D eigenvalue weighted by Crippen LogP contribution is -2.55. The summed E-state index contributed by atoms with van der Waals surface area (Å²) >= 11 is 0. The maximum atomic E-state index is 10.1. The molecule has 1 heterocycles. The Hall–Kier alpha value is -0.870. The van der Waals surface area contributed by atoms with Crippen LogP contribution in [0.1, 0.15) is 46.7 Å². The molecule has 0 radical (unpaired) electrons. The van der Waals surface area contributed by atoms with Crippen LogP contribution in [0.4, 0.5) is 0 Å². The van der Waals surface area contributed by atoms with Gasteiger partial charge in [-0.1, -0.05) is 6.92 Å². The van der Waals surface area contributed by atoms with Crippen molar-refractivity contribution in [2.24, 2.45) is 0 Å². The third-order valence-corrected chi connectivity index (χ3v) is 3.48. The Labute approximate surface area is 104 Å². The predicted octanol–water partition coefficient (Wildman–Crippen LogP) is 1.93. The molecule has 0 aliphatic carbocycles. The van der Waals surface area contributed by atoms with Crippen molar-refractivity contribution >= 4 is 0 Å². The monoisotopic (exact) mass is 239 g/mol. The first-order valence-corrected chi connectivity index (χ1v) is 6.26. The van der Waals surface area contributed by atoms with Crippen LogP contribution in [0.2, 0.25) is 0 Å². The second-order valence-electron chi connectivity index (χ2n) is 5.58. The van der Waals surface area contributed by atoms with Gasteiger partial charge in [0.25, 0.3) is 0 Å². The lowest BCUT2D eigenvalue weighted by molar-refractivity contribution is -0.00561. The third kappa shape index (κ3) is 3.54. The van der Waals surface area contributed by atoms with E-state index in [0.29, 0.717) is 0 Å². The predicted molar refractivity (Wildman–Crippen MR) is 69.7 cm³/mol. The van der Waals surface area contributed by atoms with E-state index < -0.39 is 5.60 Å². The van der Waals surface area contributed by atoms with E-state index in [4.69, 9.17) is 0 Å². The Morgan fingerprint density at radius 2 is 2.00 bits per heavy atom. The van der Waals surface area contributed by atoms with E-state index >= 15 is 0 Å². The number of rotatable bonds is 6. The van der Waals surface area contributed by atoms with Crippen molar-refractivity contribution in [2.75, 3.05) is 0 Å². The molecule has 0 aliphatic rings. The second kappa shape index (κ2) is 5.19. The molecule has 1 rings (SSSR count). The van der Waals surface area contributed by atoms with Gasteiger partial charge >= 0.3 is 0 Å². The fourth-order valence-electron chi connectivity index (χ4n) is 1.45. The number of aromatic nitrogens is 2.